The molecule has 0 radical (unpaired) electrons. The maximum Gasteiger partial charge on any atom is 0.288 e. The van der Waals surface area contributed by atoms with Gasteiger partial charge in [0, 0.05) is 12.1 Å². The normalized spacial score (nSPS) is 22.4. The zero-order chi connectivity index (χ0) is 15.4. The third-order valence-corrected chi connectivity index (χ3v) is 4.41. The van der Waals surface area contributed by atoms with Crippen LogP contribution in [0.4, 0.5) is 5.69 Å². The van der Waals surface area contributed by atoms with E-state index in [1.807, 2.05) is 0 Å². The monoisotopic (exact) mass is 310 g/mol. The van der Waals surface area contributed by atoms with E-state index in [2.05, 4.69) is 12.2 Å². The second-order valence-corrected chi connectivity index (χ2v) is 6.06. The van der Waals surface area contributed by atoms with Gasteiger partial charge in [0.2, 0.25) is 0 Å². The molecule has 2 unspecified atom stereocenters. The number of nitro groups is 1. The van der Waals surface area contributed by atoms with Crippen LogP contribution in [0, 0.1) is 16.0 Å². The molecule has 114 valence electrons. The van der Waals surface area contributed by atoms with Crippen LogP contribution >= 0.6 is 11.6 Å². The second kappa shape index (κ2) is 6.89. The van der Waals surface area contributed by atoms with E-state index in [4.69, 9.17) is 11.6 Å². The van der Waals surface area contributed by atoms with Crippen molar-refractivity contribution in [1.29, 1.82) is 0 Å². The van der Waals surface area contributed by atoms with E-state index >= 15 is 0 Å². The summed E-state index contributed by atoms with van der Waals surface area (Å²) in [6.07, 6.45) is 5.26. The van der Waals surface area contributed by atoms with Crippen molar-refractivity contribution in [2.75, 3.05) is 0 Å². The molecule has 2 atom stereocenters. The maximum atomic E-state index is 12.3. The first kappa shape index (κ1) is 15.8. The van der Waals surface area contributed by atoms with Crippen LogP contribution < -0.4 is 5.32 Å². The first-order chi connectivity index (χ1) is 9.99. The fourth-order valence-corrected chi connectivity index (χ4v) is 3.01. The molecule has 0 saturated heterocycles. The Morgan fingerprint density at radius 3 is 2.81 bits per heavy atom. The Labute approximate surface area is 128 Å². The molecule has 5 nitrogen and oxygen atoms in total. The molecule has 1 aromatic rings. The molecule has 0 heterocycles. The molecular weight excluding hydrogens is 292 g/mol. The fourth-order valence-electron chi connectivity index (χ4n) is 2.73. The van der Waals surface area contributed by atoms with Crippen LogP contribution in [0.5, 0.6) is 0 Å². The number of amides is 1. The van der Waals surface area contributed by atoms with E-state index in [-0.39, 0.29) is 28.2 Å². The summed E-state index contributed by atoms with van der Waals surface area (Å²) >= 11 is 5.97. The predicted octanol–water partition coefficient (Wildman–Crippen LogP) is 3.95. The molecule has 1 amide bonds. The number of rotatable bonds is 3. The van der Waals surface area contributed by atoms with E-state index in [1.54, 1.807) is 0 Å². The van der Waals surface area contributed by atoms with Gasteiger partial charge in [-0.2, -0.15) is 0 Å². The minimum atomic E-state index is -0.577. The molecule has 1 saturated carbocycles. The first-order valence-electron chi connectivity index (χ1n) is 7.22. The van der Waals surface area contributed by atoms with E-state index in [1.165, 1.54) is 24.6 Å². The number of hydrogen-bond donors (Lipinski definition) is 1. The van der Waals surface area contributed by atoms with Crippen molar-refractivity contribution in [3.05, 3.63) is 38.9 Å². The predicted molar refractivity (Wildman–Crippen MR) is 81.6 cm³/mol. The minimum absolute atomic E-state index is 0.0954. The molecule has 1 aliphatic rings. The summed E-state index contributed by atoms with van der Waals surface area (Å²) in [6.45, 7) is 2.22. The van der Waals surface area contributed by atoms with Gasteiger partial charge in [-0.1, -0.05) is 37.4 Å². The maximum absolute atomic E-state index is 12.3. The number of nitrogens with zero attached hydrogens (tertiary/aromatic N) is 1. The molecular formula is C15H19ClN2O3. The van der Waals surface area contributed by atoms with Crippen molar-refractivity contribution < 1.29 is 9.72 Å². The number of carbonyl (C=O) groups is 1. The molecule has 1 aliphatic carbocycles. The van der Waals surface area contributed by atoms with Gasteiger partial charge >= 0.3 is 0 Å². The minimum Gasteiger partial charge on any atom is -0.349 e. The van der Waals surface area contributed by atoms with Crippen molar-refractivity contribution in [2.45, 2.75) is 45.1 Å². The lowest BCUT2D eigenvalue weighted by Gasteiger charge is -2.16. The van der Waals surface area contributed by atoms with E-state index < -0.39 is 4.92 Å². The number of benzene rings is 1. The van der Waals surface area contributed by atoms with E-state index in [0.717, 1.165) is 25.7 Å². The van der Waals surface area contributed by atoms with Gasteiger partial charge in [-0.3, -0.25) is 14.9 Å². The largest absolute Gasteiger partial charge is 0.349 e. The summed E-state index contributed by atoms with van der Waals surface area (Å²) in [5.74, 6) is 0.358. The topological polar surface area (TPSA) is 72.2 Å². The fraction of sp³-hybridized carbons (Fsp3) is 0.533. The van der Waals surface area contributed by atoms with Crippen LogP contribution in [0.15, 0.2) is 18.2 Å². The summed E-state index contributed by atoms with van der Waals surface area (Å²) in [5.41, 5.74) is -0.0676. The van der Waals surface area contributed by atoms with Gasteiger partial charge in [0.25, 0.3) is 11.6 Å². The number of nitro benzene ring substituents is 1. The Balaban J connectivity index is 2.10. The third-order valence-electron chi connectivity index (χ3n) is 4.01. The lowest BCUT2D eigenvalue weighted by Crippen LogP contribution is -2.34. The summed E-state index contributed by atoms with van der Waals surface area (Å²) in [4.78, 5) is 22.6. The quantitative estimate of drug-likeness (QED) is 0.522. The molecule has 2 rings (SSSR count). The number of carbonyl (C=O) groups excluding carboxylic acids is 1. The molecule has 6 heteroatoms. The van der Waals surface area contributed by atoms with Crippen LogP contribution in [0.25, 0.3) is 0 Å². The highest BCUT2D eigenvalue weighted by Gasteiger charge is 2.23. The van der Waals surface area contributed by atoms with Crippen molar-refractivity contribution in [3.8, 4) is 0 Å². The highest BCUT2D eigenvalue weighted by molar-refractivity contribution is 6.35. The zero-order valence-electron chi connectivity index (χ0n) is 12.0. The Kier molecular flexibility index (Phi) is 5.17. The molecule has 0 aliphatic heterocycles. The van der Waals surface area contributed by atoms with Crippen molar-refractivity contribution >= 4 is 23.2 Å². The van der Waals surface area contributed by atoms with E-state index in [9.17, 15) is 14.9 Å². The van der Waals surface area contributed by atoms with Crippen LogP contribution in [-0.2, 0) is 0 Å². The second-order valence-electron chi connectivity index (χ2n) is 5.68. The molecule has 0 aromatic heterocycles. The molecule has 0 spiro atoms. The molecule has 1 N–H and O–H groups in total. The van der Waals surface area contributed by atoms with Gasteiger partial charge in [-0.25, -0.2) is 0 Å². The van der Waals surface area contributed by atoms with Crippen molar-refractivity contribution in [3.63, 3.8) is 0 Å². The summed E-state index contributed by atoms with van der Waals surface area (Å²) in [6, 6.07) is 4.42. The number of nitrogens with one attached hydrogen (secondary N) is 1. The first-order valence-corrected chi connectivity index (χ1v) is 7.60. The van der Waals surface area contributed by atoms with Gasteiger partial charge in [0.05, 0.1) is 10.5 Å². The van der Waals surface area contributed by atoms with Gasteiger partial charge in [0.1, 0.15) is 5.02 Å². The van der Waals surface area contributed by atoms with Crippen LogP contribution in [0.3, 0.4) is 0 Å². The highest BCUT2D eigenvalue weighted by Crippen LogP contribution is 2.28. The lowest BCUT2D eigenvalue weighted by molar-refractivity contribution is -0.384. The molecule has 0 bridgehead atoms. The average molecular weight is 311 g/mol. The Morgan fingerprint density at radius 2 is 2.10 bits per heavy atom. The Hall–Kier alpha value is -1.62. The van der Waals surface area contributed by atoms with Crippen LogP contribution in [0.2, 0.25) is 5.02 Å². The summed E-state index contributed by atoms with van der Waals surface area (Å²) in [7, 11) is 0. The molecule has 1 fully saturated rings. The van der Waals surface area contributed by atoms with Gasteiger partial charge < -0.3 is 5.32 Å². The lowest BCUT2D eigenvalue weighted by atomic mass is 10.0. The van der Waals surface area contributed by atoms with Crippen molar-refractivity contribution in [1.82, 2.24) is 5.32 Å². The highest BCUT2D eigenvalue weighted by atomic mass is 35.5. The smallest absolute Gasteiger partial charge is 0.288 e. The number of hydrogen-bond acceptors (Lipinski definition) is 3. The third kappa shape index (κ3) is 3.94. The van der Waals surface area contributed by atoms with Gasteiger partial charge in [-0.05, 0) is 31.2 Å². The van der Waals surface area contributed by atoms with Gasteiger partial charge in [0.15, 0.2) is 0 Å². The van der Waals surface area contributed by atoms with E-state index in [0.29, 0.717) is 5.92 Å². The standard InChI is InChI=1S/C15H19ClN2O3/c1-10-4-2-5-11(9-8-10)17-15(19)12-6-3-7-13(14(12)16)18(20)21/h3,6-7,10-11H,2,4-5,8-9H2,1H3,(H,17,19). The van der Waals surface area contributed by atoms with Crippen molar-refractivity contribution in [2.24, 2.45) is 5.92 Å². The molecule has 1 aromatic carbocycles. The Morgan fingerprint density at radius 1 is 1.33 bits per heavy atom. The van der Waals surface area contributed by atoms with Crippen LogP contribution in [-0.4, -0.2) is 16.9 Å². The zero-order valence-corrected chi connectivity index (χ0v) is 12.7. The average Bonchev–Trinajstić information content (AvgIpc) is 2.63. The van der Waals surface area contributed by atoms with Crippen LogP contribution in [0.1, 0.15) is 49.4 Å². The molecule has 21 heavy (non-hydrogen) atoms. The Bertz CT molecular complexity index is 548. The SMILES string of the molecule is CC1CCCC(NC(=O)c2cccc([N+](=O)[O-])c2Cl)CC1. The number of halogens is 1. The van der Waals surface area contributed by atoms with Gasteiger partial charge in [-0.15, -0.1) is 0 Å². The summed E-state index contributed by atoms with van der Waals surface area (Å²) < 4.78 is 0. The summed E-state index contributed by atoms with van der Waals surface area (Å²) in [5, 5.41) is 13.7.